The summed E-state index contributed by atoms with van der Waals surface area (Å²) in [6, 6.07) is 2.99. The van der Waals surface area contributed by atoms with E-state index in [4.69, 9.17) is 14.6 Å². The average Bonchev–Trinajstić information content (AvgIpc) is 2.22. The molecule has 0 amide bonds. The van der Waals surface area contributed by atoms with E-state index in [9.17, 15) is 9.90 Å². The molecule has 0 radical (unpaired) electrons. The number of aliphatic hydroxyl groups excluding tert-OH is 1. The Bertz CT molecular complexity index is 445. The zero-order chi connectivity index (χ0) is 13.9. The fraction of sp³-hybridized carbons (Fsp3) is 0.462. The van der Waals surface area contributed by atoms with Gasteiger partial charge >= 0.3 is 6.16 Å². The first-order valence-electron chi connectivity index (χ1n) is 5.57. The van der Waals surface area contributed by atoms with Crippen LogP contribution in [-0.2, 0) is 11.3 Å². The lowest BCUT2D eigenvalue weighted by Crippen LogP contribution is -2.26. The number of hydrogen-bond acceptors (Lipinski definition) is 5. The fourth-order valence-electron chi connectivity index (χ4n) is 1.34. The minimum Gasteiger partial charge on any atom is -0.507 e. The summed E-state index contributed by atoms with van der Waals surface area (Å²) in [7, 11) is 0. The molecule has 0 aliphatic heterocycles. The monoisotopic (exact) mass is 254 g/mol. The van der Waals surface area contributed by atoms with E-state index < -0.39 is 11.8 Å². The Morgan fingerprint density at radius 3 is 2.44 bits per heavy atom. The number of rotatable bonds is 2. The van der Waals surface area contributed by atoms with Gasteiger partial charge in [0.1, 0.15) is 17.1 Å². The predicted molar refractivity (Wildman–Crippen MR) is 65.6 cm³/mol. The summed E-state index contributed by atoms with van der Waals surface area (Å²) in [5.74, 6) is 0.123. The second-order valence-electron chi connectivity index (χ2n) is 4.92. The van der Waals surface area contributed by atoms with Crippen LogP contribution in [0.3, 0.4) is 0 Å². The van der Waals surface area contributed by atoms with Crippen molar-refractivity contribution in [3.05, 3.63) is 23.3 Å². The molecule has 0 unspecified atom stereocenters. The van der Waals surface area contributed by atoms with Gasteiger partial charge in [0.25, 0.3) is 0 Å². The van der Waals surface area contributed by atoms with Crippen molar-refractivity contribution in [2.45, 2.75) is 39.9 Å². The van der Waals surface area contributed by atoms with Gasteiger partial charge < -0.3 is 19.7 Å². The molecule has 100 valence electrons. The Labute approximate surface area is 106 Å². The molecule has 1 aromatic rings. The van der Waals surface area contributed by atoms with Gasteiger partial charge in [0.2, 0.25) is 0 Å². The smallest absolute Gasteiger partial charge is 0.507 e. The Kier molecular flexibility index (Phi) is 4.19. The van der Waals surface area contributed by atoms with Crippen LogP contribution in [0, 0.1) is 6.92 Å². The minimum atomic E-state index is -0.832. The number of ether oxygens (including phenoxy) is 2. The van der Waals surface area contributed by atoms with Crippen molar-refractivity contribution in [1.29, 1.82) is 0 Å². The number of phenols is 1. The van der Waals surface area contributed by atoms with E-state index in [2.05, 4.69) is 0 Å². The van der Waals surface area contributed by atoms with Gasteiger partial charge in [-0.1, -0.05) is 0 Å². The Hall–Kier alpha value is -1.75. The molecule has 0 bridgehead atoms. The zero-order valence-corrected chi connectivity index (χ0v) is 11.0. The minimum absolute atomic E-state index is 0.0847. The van der Waals surface area contributed by atoms with Gasteiger partial charge in [-0.15, -0.1) is 0 Å². The predicted octanol–water partition coefficient (Wildman–Crippen LogP) is 2.51. The third-order valence-electron chi connectivity index (χ3n) is 2.22. The zero-order valence-electron chi connectivity index (χ0n) is 11.0. The Morgan fingerprint density at radius 1 is 1.33 bits per heavy atom. The van der Waals surface area contributed by atoms with E-state index in [0.29, 0.717) is 11.1 Å². The van der Waals surface area contributed by atoms with Gasteiger partial charge in [0.15, 0.2) is 0 Å². The summed E-state index contributed by atoms with van der Waals surface area (Å²) in [6.45, 7) is 6.50. The largest absolute Gasteiger partial charge is 0.514 e. The lowest BCUT2D eigenvalue weighted by atomic mass is 10.1. The highest BCUT2D eigenvalue weighted by molar-refractivity contribution is 5.66. The Morgan fingerprint density at radius 2 is 1.94 bits per heavy atom. The van der Waals surface area contributed by atoms with Crippen LogP contribution >= 0.6 is 0 Å². The number of carbonyl (C=O) groups is 1. The normalized spacial score (nSPS) is 11.2. The molecule has 0 saturated heterocycles. The molecule has 2 N–H and O–H groups in total. The summed E-state index contributed by atoms with van der Waals surface area (Å²) in [4.78, 5) is 11.5. The standard InChI is InChI=1S/C13H18O5/c1-8-10(6-5-9(7-14)11(8)15)17-12(16)18-13(2,3)4/h5-6,14-15H,7H2,1-4H3. The van der Waals surface area contributed by atoms with Crippen molar-refractivity contribution in [3.8, 4) is 11.5 Å². The van der Waals surface area contributed by atoms with Gasteiger partial charge in [-0.05, 0) is 39.8 Å². The van der Waals surface area contributed by atoms with Crippen LogP contribution in [0.15, 0.2) is 12.1 Å². The molecule has 0 fully saturated rings. The molecular weight excluding hydrogens is 236 g/mol. The second-order valence-corrected chi connectivity index (χ2v) is 4.92. The summed E-state index contributed by atoms with van der Waals surface area (Å²) in [5.41, 5.74) is 0.120. The van der Waals surface area contributed by atoms with E-state index in [1.165, 1.54) is 12.1 Å². The molecule has 0 saturated carbocycles. The molecule has 0 aliphatic rings. The van der Waals surface area contributed by atoms with Crippen LogP contribution in [0.5, 0.6) is 11.5 Å². The average molecular weight is 254 g/mol. The van der Waals surface area contributed by atoms with Crippen molar-refractivity contribution in [1.82, 2.24) is 0 Å². The van der Waals surface area contributed by atoms with Crippen LogP contribution in [0.25, 0.3) is 0 Å². The molecule has 0 atom stereocenters. The molecular formula is C13H18O5. The van der Waals surface area contributed by atoms with E-state index in [1.54, 1.807) is 27.7 Å². The highest BCUT2D eigenvalue weighted by atomic mass is 16.7. The van der Waals surface area contributed by atoms with Gasteiger partial charge in [-0.3, -0.25) is 0 Å². The Balaban J connectivity index is 2.86. The lowest BCUT2D eigenvalue weighted by Gasteiger charge is -2.19. The highest BCUT2D eigenvalue weighted by Crippen LogP contribution is 2.30. The molecule has 0 heterocycles. The van der Waals surface area contributed by atoms with Gasteiger partial charge in [-0.25, -0.2) is 4.79 Å². The molecule has 0 spiro atoms. The van der Waals surface area contributed by atoms with E-state index in [0.717, 1.165) is 0 Å². The van der Waals surface area contributed by atoms with Crippen molar-refractivity contribution < 1.29 is 24.5 Å². The lowest BCUT2D eigenvalue weighted by molar-refractivity contribution is 0.0204. The molecule has 5 nitrogen and oxygen atoms in total. The molecule has 0 aliphatic carbocycles. The maximum atomic E-state index is 11.5. The van der Waals surface area contributed by atoms with Crippen LogP contribution in [-0.4, -0.2) is 22.0 Å². The van der Waals surface area contributed by atoms with Crippen LogP contribution in [0.4, 0.5) is 4.79 Å². The highest BCUT2D eigenvalue weighted by Gasteiger charge is 2.19. The van der Waals surface area contributed by atoms with Gasteiger partial charge in [0, 0.05) is 11.1 Å². The first-order chi connectivity index (χ1) is 8.24. The van der Waals surface area contributed by atoms with E-state index in [-0.39, 0.29) is 18.1 Å². The molecule has 1 aromatic carbocycles. The number of hydrogen-bond donors (Lipinski definition) is 2. The van der Waals surface area contributed by atoms with Crippen LogP contribution in [0.2, 0.25) is 0 Å². The quantitative estimate of drug-likeness (QED) is 0.626. The summed E-state index contributed by atoms with van der Waals surface area (Å²) >= 11 is 0. The third kappa shape index (κ3) is 3.63. The van der Waals surface area contributed by atoms with Crippen molar-refractivity contribution in [2.75, 3.05) is 0 Å². The van der Waals surface area contributed by atoms with Gasteiger partial charge in [0.05, 0.1) is 6.61 Å². The summed E-state index contributed by atoms with van der Waals surface area (Å²) < 4.78 is 10.00. The van der Waals surface area contributed by atoms with Crippen LogP contribution in [0.1, 0.15) is 31.9 Å². The number of aliphatic hydroxyl groups is 1. The molecule has 18 heavy (non-hydrogen) atoms. The first kappa shape index (κ1) is 14.3. The number of carbonyl (C=O) groups excluding carboxylic acids is 1. The second kappa shape index (κ2) is 5.27. The fourth-order valence-corrected chi connectivity index (χ4v) is 1.34. The third-order valence-corrected chi connectivity index (χ3v) is 2.22. The van der Waals surface area contributed by atoms with Crippen molar-refractivity contribution >= 4 is 6.16 Å². The molecule has 0 aromatic heterocycles. The van der Waals surface area contributed by atoms with E-state index in [1.807, 2.05) is 0 Å². The maximum Gasteiger partial charge on any atom is 0.514 e. The maximum absolute atomic E-state index is 11.5. The van der Waals surface area contributed by atoms with Crippen molar-refractivity contribution in [3.63, 3.8) is 0 Å². The SMILES string of the molecule is Cc1c(OC(=O)OC(C)(C)C)ccc(CO)c1O. The van der Waals surface area contributed by atoms with Crippen LogP contribution < -0.4 is 4.74 Å². The number of benzene rings is 1. The van der Waals surface area contributed by atoms with Gasteiger partial charge in [-0.2, -0.15) is 0 Å². The summed E-state index contributed by atoms with van der Waals surface area (Å²) in [5, 5.41) is 18.7. The first-order valence-corrected chi connectivity index (χ1v) is 5.57. The van der Waals surface area contributed by atoms with Crippen molar-refractivity contribution in [2.24, 2.45) is 0 Å². The van der Waals surface area contributed by atoms with E-state index >= 15 is 0 Å². The number of aromatic hydroxyl groups is 1. The molecule has 1 rings (SSSR count). The summed E-state index contributed by atoms with van der Waals surface area (Å²) in [6.07, 6.45) is -0.832. The molecule has 5 heteroatoms. The topological polar surface area (TPSA) is 76.0 Å².